The van der Waals surface area contributed by atoms with Crippen molar-refractivity contribution in [1.29, 1.82) is 0 Å². The van der Waals surface area contributed by atoms with Crippen LogP contribution in [0.25, 0.3) is 0 Å². The Balaban J connectivity index is 1.65. The fraction of sp³-hybridized carbons (Fsp3) is 1.00. The Hall–Kier alpha value is -0.120. The van der Waals surface area contributed by atoms with Gasteiger partial charge in [-0.15, -0.1) is 0 Å². The van der Waals surface area contributed by atoms with Crippen molar-refractivity contribution in [3.63, 3.8) is 0 Å². The quantitative estimate of drug-likeness (QED) is 0.627. The van der Waals surface area contributed by atoms with E-state index < -0.39 is 0 Å². The molecule has 0 aromatic heterocycles. The van der Waals surface area contributed by atoms with Crippen molar-refractivity contribution >= 4 is 0 Å². The largest absolute Gasteiger partial charge is 0.393 e. The van der Waals surface area contributed by atoms with Crippen LogP contribution in [-0.4, -0.2) is 36.5 Å². The van der Waals surface area contributed by atoms with Crippen molar-refractivity contribution in [3.05, 3.63) is 0 Å². The molecule has 0 aromatic rings. The fourth-order valence-electron chi connectivity index (χ4n) is 1.85. The van der Waals surface area contributed by atoms with Gasteiger partial charge in [-0.1, -0.05) is 0 Å². The first kappa shape index (κ1) is 8.48. The summed E-state index contributed by atoms with van der Waals surface area (Å²) >= 11 is 0. The highest BCUT2D eigenvalue weighted by Crippen LogP contribution is 2.25. The minimum absolute atomic E-state index is 0.0864. The number of hydrogen-bond acceptors (Lipinski definition) is 3. The van der Waals surface area contributed by atoms with Crippen molar-refractivity contribution in [2.45, 2.75) is 44.0 Å². The van der Waals surface area contributed by atoms with E-state index in [1.54, 1.807) is 0 Å². The van der Waals surface area contributed by atoms with Crippen LogP contribution in [0.5, 0.6) is 0 Å². The standard InChI is InChI=1S/C9H17NO2/c11-7-5-9(6-7)12-8-1-3-10-4-2-8/h7-11H,1-6H2/t7-,9-. The Morgan fingerprint density at radius 1 is 1.08 bits per heavy atom. The first-order valence-corrected chi connectivity index (χ1v) is 4.89. The van der Waals surface area contributed by atoms with E-state index in [2.05, 4.69) is 5.32 Å². The first-order chi connectivity index (χ1) is 5.84. The molecule has 3 heteroatoms. The second-order valence-corrected chi connectivity index (χ2v) is 3.83. The van der Waals surface area contributed by atoms with Gasteiger partial charge in [-0.3, -0.25) is 0 Å². The van der Waals surface area contributed by atoms with Gasteiger partial charge in [0.05, 0.1) is 18.3 Å². The molecule has 1 aliphatic heterocycles. The van der Waals surface area contributed by atoms with Crippen LogP contribution in [0.1, 0.15) is 25.7 Å². The monoisotopic (exact) mass is 171 g/mol. The van der Waals surface area contributed by atoms with E-state index in [1.807, 2.05) is 0 Å². The molecule has 0 atom stereocenters. The smallest absolute Gasteiger partial charge is 0.0628 e. The summed E-state index contributed by atoms with van der Waals surface area (Å²) in [7, 11) is 0. The maximum absolute atomic E-state index is 9.06. The van der Waals surface area contributed by atoms with E-state index >= 15 is 0 Å². The lowest BCUT2D eigenvalue weighted by Gasteiger charge is -2.35. The molecule has 1 aliphatic carbocycles. The zero-order valence-corrected chi connectivity index (χ0v) is 7.33. The molecule has 0 amide bonds. The lowest BCUT2D eigenvalue weighted by Crippen LogP contribution is -2.41. The third-order valence-corrected chi connectivity index (χ3v) is 2.74. The molecule has 2 N–H and O–H groups in total. The highest BCUT2D eigenvalue weighted by molar-refractivity contribution is 4.81. The Bertz CT molecular complexity index is 139. The van der Waals surface area contributed by atoms with Crippen LogP contribution in [0.3, 0.4) is 0 Å². The molecule has 2 fully saturated rings. The zero-order valence-electron chi connectivity index (χ0n) is 7.33. The van der Waals surface area contributed by atoms with Gasteiger partial charge < -0.3 is 15.2 Å². The number of rotatable bonds is 2. The molecular formula is C9H17NO2. The summed E-state index contributed by atoms with van der Waals surface area (Å²) in [5.74, 6) is 0. The molecule has 12 heavy (non-hydrogen) atoms. The van der Waals surface area contributed by atoms with E-state index in [1.165, 1.54) is 0 Å². The number of aliphatic hydroxyl groups excluding tert-OH is 1. The van der Waals surface area contributed by atoms with Crippen LogP contribution < -0.4 is 5.32 Å². The predicted molar refractivity (Wildman–Crippen MR) is 46.0 cm³/mol. The van der Waals surface area contributed by atoms with Gasteiger partial charge in [0, 0.05) is 0 Å². The summed E-state index contributed by atoms with van der Waals surface area (Å²) in [5, 5.41) is 12.4. The van der Waals surface area contributed by atoms with Crippen LogP contribution in [-0.2, 0) is 4.74 Å². The predicted octanol–water partition coefficient (Wildman–Crippen LogP) is 0.278. The van der Waals surface area contributed by atoms with Crippen LogP contribution in [0.4, 0.5) is 0 Å². The van der Waals surface area contributed by atoms with E-state index in [4.69, 9.17) is 9.84 Å². The lowest BCUT2D eigenvalue weighted by atomic mass is 9.92. The van der Waals surface area contributed by atoms with Gasteiger partial charge in [0.15, 0.2) is 0 Å². The molecule has 2 aliphatic rings. The first-order valence-electron chi connectivity index (χ1n) is 4.89. The van der Waals surface area contributed by atoms with E-state index in [0.29, 0.717) is 12.2 Å². The van der Waals surface area contributed by atoms with E-state index in [-0.39, 0.29) is 6.10 Å². The van der Waals surface area contributed by atoms with Crippen molar-refractivity contribution in [3.8, 4) is 0 Å². The fourth-order valence-corrected chi connectivity index (χ4v) is 1.85. The highest BCUT2D eigenvalue weighted by Gasteiger charge is 2.30. The Kier molecular flexibility index (Phi) is 2.63. The van der Waals surface area contributed by atoms with Crippen molar-refractivity contribution in [2.24, 2.45) is 0 Å². The number of hydrogen-bond donors (Lipinski definition) is 2. The molecule has 1 heterocycles. The molecule has 0 unspecified atom stereocenters. The average molecular weight is 171 g/mol. The number of aliphatic hydroxyl groups is 1. The van der Waals surface area contributed by atoms with Crippen LogP contribution in [0.2, 0.25) is 0 Å². The number of nitrogens with one attached hydrogen (secondary N) is 1. The van der Waals surface area contributed by atoms with Crippen LogP contribution >= 0.6 is 0 Å². The molecule has 0 bridgehead atoms. The summed E-state index contributed by atoms with van der Waals surface area (Å²) in [6, 6.07) is 0. The maximum Gasteiger partial charge on any atom is 0.0628 e. The second kappa shape index (κ2) is 3.73. The molecule has 0 spiro atoms. The van der Waals surface area contributed by atoms with Crippen LogP contribution in [0, 0.1) is 0 Å². The minimum atomic E-state index is -0.0864. The Morgan fingerprint density at radius 3 is 2.33 bits per heavy atom. The maximum atomic E-state index is 9.06. The summed E-state index contributed by atoms with van der Waals surface area (Å²) in [5.41, 5.74) is 0. The van der Waals surface area contributed by atoms with Gasteiger partial charge in [0.25, 0.3) is 0 Å². The Labute approximate surface area is 73.1 Å². The molecule has 70 valence electrons. The lowest BCUT2D eigenvalue weighted by molar-refractivity contribution is -0.110. The Morgan fingerprint density at radius 2 is 1.75 bits per heavy atom. The molecule has 1 saturated carbocycles. The van der Waals surface area contributed by atoms with Crippen molar-refractivity contribution in [2.75, 3.05) is 13.1 Å². The second-order valence-electron chi connectivity index (χ2n) is 3.83. The van der Waals surface area contributed by atoms with Gasteiger partial charge in [-0.05, 0) is 38.8 Å². The van der Waals surface area contributed by atoms with Gasteiger partial charge in [0.2, 0.25) is 0 Å². The zero-order chi connectivity index (χ0) is 8.39. The topological polar surface area (TPSA) is 41.5 Å². The third kappa shape index (κ3) is 1.97. The van der Waals surface area contributed by atoms with Crippen molar-refractivity contribution < 1.29 is 9.84 Å². The molecular weight excluding hydrogens is 154 g/mol. The highest BCUT2D eigenvalue weighted by atomic mass is 16.5. The van der Waals surface area contributed by atoms with Gasteiger partial charge >= 0.3 is 0 Å². The summed E-state index contributed by atoms with van der Waals surface area (Å²) < 4.78 is 5.80. The summed E-state index contributed by atoms with van der Waals surface area (Å²) in [4.78, 5) is 0. The summed E-state index contributed by atoms with van der Waals surface area (Å²) in [6.45, 7) is 2.17. The van der Waals surface area contributed by atoms with Crippen LogP contribution in [0.15, 0.2) is 0 Å². The summed E-state index contributed by atoms with van der Waals surface area (Å²) in [6.07, 6.45) is 4.68. The van der Waals surface area contributed by atoms with Gasteiger partial charge in [-0.2, -0.15) is 0 Å². The minimum Gasteiger partial charge on any atom is -0.393 e. The van der Waals surface area contributed by atoms with Crippen molar-refractivity contribution in [1.82, 2.24) is 5.32 Å². The average Bonchev–Trinajstić information content (AvgIpc) is 2.04. The molecule has 3 nitrogen and oxygen atoms in total. The molecule has 0 radical (unpaired) electrons. The molecule has 2 rings (SSSR count). The number of ether oxygens (including phenoxy) is 1. The molecule has 0 aromatic carbocycles. The van der Waals surface area contributed by atoms with Gasteiger partial charge in [0.1, 0.15) is 0 Å². The third-order valence-electron chi connectivity index (χ3n) is 2.74. The van der Waals surface area contributed by atoms with Gasteiger partial charge in [-0.25, -0.2) is 0 Å². The normalized spacial score (nSPS) is 37.8. The number of piperidine rings is 1. The van der Waals surface area contributed by atoms with E-state index in [0.717, 1.165) is 38.8 Å². The molecule has 1 saturated heterocycles. The SMILES string of the molecule is O[C@H]1C[C@H](OC2CCNCC2)C1. The van der Waals surface area contributed by atoms with E-state index in [9.17, 15) is 0 Å².